The summed E-state index contributed by atoms with van der Waals surface area (Å²) in [6.07, 6.45) is 2.28. The fraction of sp³-hybridized carbons (Fsp3) is 0.364. The van der Waals surface area contributed by atoms with Crippen molar-refractivity contribution in [3.05, 3.63) is 42.9 Å². The van der Waals surface area contributed by atoms with Crippen LogP contribution in [0.1, 0.15) is 26.2 Å². The van der Waals surface area contributed by atoms with Gasteiger partial charge in [0.25, 0.3) is 5.91 Å². The van der Waals surface area contributed by atoms with E-state index >= 15 is 0 Å². The molecule has 5 rings (SSSR count). The lowest BCUT2D eigenvalue weighted by atomic mass is 9.89. The largest absolute Gasteiger partial charge is 0.573 e. The predicted molar refractivity (Wildman–Crippen MR) is 114 cm³/mol. The Kier molecular flexibility index (Phi) is 4.80. The second-order valence-corrected chi connectivity index (χ2v) is 8.08. The van der Waals surface area contributed by atoms with Crippen molar-refractivity contribution < 1.29 is 22.7 Å². The normalized spacial score (nSPS) is 20.1. The number of carbonyl (C=O) groups excluding carboxylic acids is 1. The van der Waals surface area contributed by atoms with E-state index in [0.29, 0.717) is 41.8 Å². The van der Waals surface area contributed by atoms with E-state index in [9.17, 15) is 18.0 Å². The van der Waals surface area contributed by atoms with Gasteiger partial charge in [0.2, 0.25) is 5.95 Å². The summed E-state index contributed by atoms with van der Waals surface area (Å²) in [5, 5.41) is 0. The number of hydrogen-bond acceptors (Lipinski definition) is 6. The van der Waals surface area contributed by atoms with Crippen molar-refractivity contribution in [2.75, 3.05) is 23.4 Å². The van der Waals surface area contributed by atoms with Gasteiger partial charge < -0.3 is 14.5 Å². The van der Waals surface area contributed by atoms with Gasteiger partial charge in [-0.1, -0.05) is 19.1 Å². The van der Waals surface area contributed by atoms with Crippen molar-refractivity contribution in [3.8, 4) is 23.1 Å². The molecule has 0 saturated carbocycles. The fourth-order valence-corrected chi connectivity index (χ4v) is 4.77. The first kappa shape index (κ1) is 21.2. The Balaban J connectivity index is 1.57. The van der Waals surface area contributed by atoms with Crippen molar-refractivity contribution >= 4 is 17.4 Å². The zero-order chi connectivity index (χ0) is 23.4. The highest BCUT2D eigenvalue weighted by Gasteiger charge is 2.52. The molecule has 8 nitrogen and oxygen atoms in total. The summed E-state index contributed by atoms with van der Waals surface area (Å²) in [5.41, 5.74) is 0.422. The third kappa shape index (κ3) is 3.38. The Labute approximate surface area is 187 Å². The quantitative estimate of drug-likeness (QED) is 0.589. The number of ether oxygens (including phenoxy) is 1. The van der Waals surface area contributed by atoms with E-state index in [-0.39, 0.29) is 11.7 Å². The second-order valence-electron chi connectivity index (χ2n) is 8.08. The molecule has 2 aliphatic heterocycles. The molecule has 4 heterocycles. The summed E-state index contributed by atoms with van der Waals surface area (Å²) < 4.78 is 43.6. The highest BCUT2D eigenvalue weighted by Crippen LogP contribution is 2.45. The minimum atomic E-state index is -4.79. The molecule has 2 aromatic heterocycles. The van der Waals surface area contributed by atoms with Gasteiger partial charge in [0.15, 0.2) is 5.82 Å². The van der Waals surface area contributed by atoms with E-state index in [2.05, 4.69) is 19.6 Å². The molecule has 172 valence electrons. The Morgan fingerprint density at radius 1 is 1.24 bits per heavy atom. The van der Waals surface area contributed by atoms with Crippen LogP contribution in [0.3, 0.4) is 0 Å². The first-order chi connectivity index (χ1) is 15.7. The number of rotatable bonds is 4. The van der Waals surface area contributed by atoms with Crippen molar-refractivity contribution in [1.82, 2.24) is 19.5 Å². The molecule has 2 aliphatic rings. The lowest BCUT2D eigenvalue weighted by Crippen LogP contribution is -2.59. The number of fused-ring (bicyclic) bond motifs is 3. The van der Waals surface area contributed by atoms with Gasteiger partial charge in [-0.2, -0.15) is 4.98 Å². The third-order valence-corrected chi connectivity index (χ3v) is 6.31. The number of likely N-dealkylation sites (N-methyl/N-ethyl adjacent to an activating group) is 1. The maximum absolute atomic E-state index is 13.1. The molecular weight excluding hydrogens is 437 g/mol. The summed E-state index contributed by atoms with van der Waals surface area (Å²) in [6.45, 7) is 2.71. The summed E-state index contributed by atoms with van der Waals surface area (Å²) in [5.74, 6) is 1.03. The van der Waals surface area contributed by atoms with Gasteiger partial charge in [0.1, 0.15) is 22.8 Å². The smallest absolute Gasteiger partial charge is 0.406 e. The van der Waals surface area contributed by atoms with Crippen LogP contribution >= 0.6 is 0 Å². The van der Waals surface area contributed by atoms with Gasteiger partial charge in [0.05, 0.1) is 6.20 Å². The molecule has 1 saturated heterocycles. The molecule has 0 bridgehead atoms. The topological polar surface area (TPSA) is 76.4 Å². The highest BCUT2D eigenvalue weighted by atomic mass is 19.4. The van der Waals surface area contributed by atoms with Crippen LogP contribution in [0.4, 0.5) is 24.7 Å². The Morgan fingerprint density at radius 3 is 2.82 bits per heavy atom. The monoisotopic (exact) mass is 458 g/mol. The molecule has 0 radical (unpaired) electrons. The first-order valence-corrected chi connectivity index (χ1v) is 10.6. The molecular formula is C22H21F3N6O2. The second kappa shape index (κ2) is 7.46. The summed E-state index contributed by atoms with van der Waals surface area (Å²) in [6, 6.07) is 5.59. The zero-order valence-corrected chi connectivity index (χ0v) is 18.0. The van der Waals surface area contributed by atoms with Crippen molar-refractivity contribution in [2.45, 2.75) is 38.1 Å². The van der Waals surface area contributed by atoms with E-state index in [1.54, 1.807) is 35.0 Å². The number of alkyl halides is 3. The Bertz CT molecular complexity index is 1230. The Morgan fingerprint density at radius 2 is 2.06 bits per heavy atom. The molecule has 0 unspecified atom stereocenters. The molecule has 1 aromatic carbocycles. The van der Waals surface area contributed by atoms with Gasteiger partial charge in [0, 0.05) is 31.5 Å². The van der Waals surface area contributed by atoms with E-state index in [4.69, 9.17) is 4.98 Å². The van der Waals surface area contributed by atoms with Gasteiger partial charge in [-0.15, -0.1) is 13.2 Å². The summed E-state index contributed by atoms with van der Waals surface area (Å²) in [4.78, 5) is 30.3. The van der Waals surface area contributed by atoms with Crippen LogP contribution in [0.15, 0.2) is 42.9 Å². The molecule has 0 aliphatic carbocycles. The Hall–Kier alpha value is -3.63. The molecule has 1 atom stereocenters. The van der Waals surface area contributed by atoms with Crippen LogP contribution in [0.25, 0.3) is 17.3 Å². The van der Waals surface area contributed by atoms with Crippen LogP contribution in [0.2, 0.25) is 0 Å². The number of amides is 1. The molecule has 3 aromatic rings. The molecule has 1 fully saturated rings. The molecule has 1 amide bonds. The number of halogens is 3. The van der Waals surface area contributed by atoms with E-state index < -0.39 is 11.9 Å². The number of anilines is 2. The average Bonchev–Trinajstić information content (AvgIpc) is 3.44. The minimum absolute atomic E-state index is 0.0381. The maximum Gasteiger partial charge on any atom is 0.573 e. The van der Waals surface area contributed by atoms with Gasteiger partial charge in [-0.05, 0) is 31.4 Å². The van der Waals surface area contributed by atoms with E-state index in [1.807, 2.05) is 6.92 Å². The third-order valence-electron chi connectivity index (χ3n) is 6.31. The van der Waals surface area contributed by atoms with Crippen molar-refractivity contribution in [3.63, 3.8) is 0 Å². The summed E-state index contributed by atoms with van der Waals surface area (Å²) >= 11 is 0. The number of imidazole rings is 1. The van der Waals surface area contributed by atoms with Crippen LogP contribution in [-0.4, -0.2) is 50.9 Å². The van der Waals surface area contributed by atoms with Crippen LogP contribution in [-0.2, 0) is 4.79 Å². The number of carbonyl (C=O) groups is 1. The number of hydrogen-bond donors (Lipinski definition) is 0. The fourth-order valence-electron chi connectivity index (χ4n) is 4.77. The molecule has 11 heteroatoms. The lowest BCUT2D eigenvalue weighted by molar-refractivity contribution is -0.274. The van der Waals surface area contributed by atoms with Crippen LogP contribution in [0, 0.1) is 0 Å². The van der Waals surface area contributed by atoms with Crippen molar-refractivity contribution in [2.24, 2.45) is 0 Å². The maximum atomic E-state index is 13.1. The van der Waals surface area contributed by atoms with E-state index in [0.717, 1.165) is 12.8 Å². The van der Waals surface area contributed by atoms with Gasteiger partial charge in [-0.3, -0.25) is 9.36 Å². The predicted octanol–water partition coefficient (Wildman–Crippen LogP) is 3.95. The van der Waals surface area contributed by atoms with Crippen LogP contribution in [0.5, 0.6) is 5.75 Å². The standard InChI is InChI=1S/C22H21F3N6O2/c1-3-21-8-5-10-31(21)18-16(29(2)19(21)32)13-27-20(28-18)30-11-9-26-17(30)14-6-4-7-15(12-14)33-22(23,24)25/h4,6-7,9,11-13H,3,5,8,10H2,1-2H3/t21-/m0/s1. The SMILES string of the molecule is CC[C@@]12CCCN1c1nc(-n3ccnc3-c3cccc(OC(F)(F)F)c3)ncc1N(C)C2=O. The highest BCUT2D eigenvalue weighted by molar-refractivity contribution is 6.07. The zero-order valence-electron chi connectivity index (χ0n) is 18.0. The molecule has 0 spiro atoms. The van der Waals surface area contributed by atoms with Gasteiger partial charge >= 0.3 is 6.36 Å². The lowest BCUT2D eigenvalue weighted by Gasteiger charge is -2.45. The van der Waals surface area contributed by atoms with Crippen molar-refractivity contribution in [1.29, 1.82) is 0 Å². The minimum Gasteiger partial charge on any atom is -0.406 e. The van der Waals surface area contributed by atoms with E-state index in [1.165, 1.54) is 24.4 Å². The number of aromatic nitrogens is 4. The van der Waals surface area contributed by atoms with Gasteiger partial charge in [-0.25, -0.2) is 9.97 Å². The molecule has 33 heavy (non-hydrogen) atoms. The molecule has 0 N–H and O–H groups in total. The van der Waals surface area contributed by atoms with Crippen LogP contribution < -0.4 is 14.5 Å². The summed E-state index contributed by atoms with van der Waals surface area (Å²) in [7, 11) is 1.73. The first-order valence-electron chi connectivity index (χ1n) is 10.6. The number of benzene rings is 1. The average molecular weight is 458 g/mol. The number of nitrogens with zero attached hydrogens (tertiary/aromatic N) is 6.